The second-order valence-corrected chi connectivity index (χ2v) is 21.6. The van der Waals surface area contributed by atoms with Crippen molar-refractivity contribution in [3.8, 4) is 51.2 Å². The lowest BCUT2D eigenvalue weighted by Gasteiger charge is -2.17. The number of methoxy groups -OCH3 is 2. The summed E-state index contributed by atoms with van der Waals surface area (Å²) in [7, 11) is -7.48. The summed E-state index contributed by atoms with van der Waals surface area (Å²) in [4.78, 5) is 24.0. The van der Waals surface area contributed by atoms with Crippen molar-refractivity contribution in [2.24, 2.45) is 0 Å². The van der Waals surface area contributed by atoms with Crippen LogP contribution in [-0.2, 0) is 20.2 Å². The maximum Gasteiger partial charge on any atom is 0.569 e. The molecule has 2 aromatic heterocycles. The van der Waals surface area contributed by atoms with Gasteiger partial charge in [0.15, 0.2) is 23.3 Å². The Kier molecular flexibility index (Phi) is 22.7. The van der Waals surface area contributed by atoms with Crippen LogP contribution < -0.4 is 33.6 Å². The summed E-state index contributed by atoms with van der Waals surface area (Å²) in [6.07, 6.45) is 0. The predicted octanol–water partition coefficient (Wildman–Crippen LogP) is 12.9. The van der Waals surface area contributed by atoms with Crippen LogP contribution in [0.25, 0.3) is 44.3 Å². The highest BCUT2D eigenvalue weighted by molar-refractivity contribution is 9.10. The van der Waals surface area contributed by atoms with Gasteiger partial charge in [-0.15, -0.1) is 0 Å². The molecule has 10 rings (SSSR count). The Morgan fingerprint density at radius 3 is 1.22 bits per heavy atom. The van der Waals surface area contributed by atoms with E-state index in [0.717, 1.165) is 112 Å². The Bertz CT molecular complexity index is 4890. The average molecular weight is 1450 g/mol. The van der Waals surface area contributed by atoms with Crippen molar-refractivity contribution in [2.75, 3.05) is 14.2 Å². The first-order valence-electron chi connectivity index (χ1n) is 24.0. The first-order chi connectivity index (χ1) is 42.3. The molecule has 483 valence electrons. The van der Waals surface area contributed by atoms with Crippen LogP contribution in [0.3, 0.4) is 0 Å². The molecule has 0 saturated heterocycles. The van der Waals surface area contributed by atoms with E-state index in [1.807, 2.05) is 0 Å². The molecule has 14 nitrogen and oxygen atoms in total. The van der Waals surface area contributed by atoms with E-state index >= 15 is 4.39 Å². The van der Waals surface area contributed by atoms with Crippen molar-refractivity contribution in [1.29, 1.82) is 0 Å². The van der Waals surface area contributed by atoms with Crippen molar-refractivity contribution in [1.82, 2.24) is 9.13 Å². The third kappa shape index (κ3) is 14.5. The summed E-state index contributed by atoms with van der Waals surface area (Å²) in [5, 5.41) is 8.14. The van der Waals surface area contributed by atoms with Crippen molar-refractivity contribution < 1.29 is 115 Å². The van der Waals surface area contributed by atoms with Gasteiger partial charge in [-0.05, 0) is 106 Å². The van der Waals surface area contributed by atoms with E-state index in [1.54, 1.807) is 0 Å². The molecule has 8 aromatic carbocycles. The number of fused-ring (bicyclic) bond motifs is 2. The Labute approximate surface area is 521 Å². The summed E-state index contributed by atoms with van der Waals surface area (Å²) in [6, 6.07) is 19.8. The van der Waals surface area contributed by atoms with Crippen molar-refractivity contribution in [3.63, 3.8) is 0 Å². The summed E-state index contributed by atoms with van der Waals surface area (Å²) in [6.45, 7) is 0. The van der Waals surface area contributed by atoms with Crippen LogP contribution >= 0.6 is 35.7 Å². The van der Waals surface area contributed by atoms with Crippen LogP contribution in [0.2, 0.25) is 0 Å². The van der Waals surface area contributed by atoms with E-state index in [0.29, 0.717) is 7.69 Å². The van der Waals surface area contributed by atoms with Gasteiger partial charge in [0.25, 0.3) is 11.1 Å². The van der Waals surface area contributed by atoms with E-state index in [9.17, 15) is 92.3 Å². The SMILES string of the molecule is COc1cc(-c2ccc(F)c(F)c2)c(F)cc1-n1c(=O)ccc2cc(S(=O)(=O)Oc3c(F)c(F)c(F)c(F)c3F)ccc21.COc1cc(Br)c(F)cc1-n1c(=O)ccc2cc(S(=O)(=O)Oc3c(F)c(F)c(F)c(F)c3F)ccc21.O[B]Oc1ccc(F)c(F)c1.P.P. The van der Waals surface area contributed by atoms with Gasteiger partial charge in [-0.3, -0.25) is 18.7 Å². The van der Waals surface area contributed by atoms with Crippen molar-refractivity contribution in [3.05, 3.63) is 240 Å². The van der Waals surface area contributed by atoms with Gasteiger partial charge in [-0.2, -0.15) is 54.2 Å². The molecule has 2 heterocycles. The van der Waals surface area contributed by atoms with Crippen LogP contribution in [0.15, 0.2) is 145 Å². The number of halogens is 17. The Hall–Kier alpha value is -8.68. The normalized spacial score (nSPS) is 11.1. The molecule has 0 aliphatic rings. The highest BCUT2D eigenvalue weighted by Crippen LogP contribution is 2.38. The summed E-state index contributed by atoms with van der Waals surface area (Å²) >= 11 is 3.00. The second-order valence-electron chi connectivity index (χ2n) is 17.7. The van der Waals surface area contributed by atoms with E-state index in [4.69, 9.17) is 14.5 Å². The maximum absolute atomic E-state index is 15.3. The topological polar surface area (TPSA) is 179 Å². The number of pyridine rings is 2. The Morgan fingerprint density at radius 1 is 0.424 bits per heavy atom. The van der Waals surface area contributed by atoms with Gasteiger partial charge in [0.05, 0.1) is 41.1 Å². The van der Waals surface area contributed by atoms with Crippen LogP contribution in [0.4, 0.5) is 70.2 Å². The van der Waals surface area contributed by atoms with Gasteiger partial charge in [0.2, 0.25) is 69.7 Å². The quantitative estimate of drug-likeness (QED) is 0.0289. The fourth-order valence-corrected chi connectivity index (χ4v) is 10.4. The van der Waals surface area contributed by atoms with Crippen LogP contribution in [0, 0.1) is 93.1 Å². The molecular weight excluding hydrogens is 1410 g/mol. The molecule has 0 fully saturated rings. The van der Waals surface area contributed by atoms with Gasteiger partial charge in [0.1, 0.15) is 38.7 Å². The minimum atomic E-state index is -5.21. The number of ether oxygens (including phenoxy) is 2. The zero-order chi connectivity index (χ0) is 66.2. The molecular formula is C56H33BBrF16N2O12P2S2. The summed E-state index contributed by atoms with van der Waals surface area (Å²) in [5.74, 6) is -34.7. The molecule has 0 spiro atoms. The van der Waals surface area contributed by atoms with Gasteiger partial charge in [-0.1, -0.05) is 6.07 Å². The number of nitrogens with zero attached hydrogens (tertiary/aromatic N) is 2. The number of rotatable bonds is 13. The fraction of sp³-hybridized carbons (Fsp3) is 0.0357. The molecule has 0 aliphatic carbocycles. The minimum Gasteiger partial charge on any atom is -0.537 e. The third-order valence-electron chi connectivity index (χ3n) is 12.3. The number of hydrogen-bond donors (Lipinski definition) is 1. The summed E-state index contributed by atoms with van der Waals surface area (Å²) < 4.78 is 294. The number of benzene rings is 8. The lowest BCUT2D eigenvalue weighted by atomic mass is 10.0. The van der Waals surface area contributed by atoms with E-state index in [-0.39, 0.29) is 85.8 Å². The summed E-state index contributed by atoms with van der Waals surface area (Å²) in [5.41, 5.74) is -1.83. The third-order valence-corrected chi connectivity index (χ3v) is 15.4. The number of hydrogen-bond acceptors (Lipinski definition) is 12. The van der Waals surface area contributed by atoms with E-state index in [2.05, 4.69) is 29.0 Å². The molecule has 2 unspecified atom stereocenters. The lowest BCUT2D eigenvalue weighted by molar-refractivity contribution is 0.346. The smallest absolute Gasteiger partial charge is 0.537 e. The molecule has 10 aromatic rings. The van der Waals surface area contributed by atoms with E-state index in [1.165, 1.54) is 32.4 Å². The molecule has 1 N–H and O–H groups in total. The zero-order valence-corrected chi connectivity index (χ0v) is 51.7. The Morgan fingerprint density at radius 2 is 0.815 bits per heavy atom. The zero-order valence-electron chi connectivity index (χ0n) is 45.6. The largest absolute Gasteiger partial charge is 0.569 e. The predicted molar refractivity (Wildman–Crippen MR) is 310 cm³/mol. The maximum atomic E-state index is 15.3. The molecule has 2 atom stereocenters. The highest BCUT2D eigenvalue weighted by Gasteiger charge is 2.33. The molecule has 92 heavy (non-hydrogen) atoms. The molecule has 0 aliphatic heterocycles. The molecule has 0 saturated carbocycles. The van der Waals surface area contributed by atoms with Crippen LogP contribution in [0.1, 0.15) is 0 Å². The van der Waals surface area contributed by atoms with E-state index < -0.39 is 146 Å². The van der Waals surface area contributed by atoms with Gasteiger partial charge in [0, 0.05) is 46.7 Å². The number of aromatic nitrogens is 2. The molecule has 36 heteroatoms. The molecule has 1 radical (unpaired) electrons. The average Bonchev–Trinajstić information content (AvgIpc) is 0.821. The van der Waals surface area contributed by atoms with Crippen molar-refractivity contribution >= 4 is 85.5 Å². The van der Waals surface area contributed by atoms with Crippen molar-refractivity contribution in [2.45, 2.75) is 9.79 Å². The fourth-order valence-electron chi connectivity index (χ4n) is 8.12. The molecule has 0 amide bonds. The first-order valence-corrected chi connectivity index (χ1v) is 27.6. The van der Waals surface area contributed by atoms with Crippen LogP contribution in [-0.4, -0.2) is 52.9 Å². The standard InChI is InChI=1S/C28H13F8NO5S.C22H10BrF6NO5S.C6H4BF2O2.2H3P/c1-41-21-10-15(12-2-5-16(29)18(31)9-12)17(30)11-20(21)37-19-6-4-14(8-13(19)3-7-22(37)38)43(39,40)42-28-26(35)24(33)23(32)25(34)27(28)36;1-34-15-7-11(23)12(24)8-14(15)30-13-4-3-10(6-9(13)2-5-16(30)31)36(32,33)35-22-20(28)18(26)17(25)19(27)21(22)29;8-5-2-1-4(11-7-10)3-6(5)9;;/h2-11H,1H3;2-8H,1H3;1-3,10H;2*1H3. The highest BCUT2D eigenvalue weighted by atomic mass is 79.9. The van der Waals surface area contributed by atoms with Gasteiger partial charge in [-0.25, -0.2) is 52.7 Å². The lowest BCUT2D eigenvalue weighted by Crippen LogP contribution is -2.19. The van der Waals surface area contributed by atoms with Crippen LogP contribution in [0.5, 0.6) is 28.7 Å². The van der Waals surface area contributed by atoms with Gasteiger partial charge >= 0.3 is 27.9 Å². The monoisotopic (exact) mass is 1440 g/mol. The minimum absolute atomic E-state index is 0. The second kappa shape index (κ2) is 28.9. The Balaban J connectivity index is 0.000000248. The molecule has 0 bridgehead atoms. The first kappa shape index (κ1) is 72.4. The van der Waals surface area contributed by atoms with Gasteiger partial charge < -0.3 is 27.5 Å².